The normalized spacial score (nSPS) is 22.9. The zero-order valence-corrected chi connectivity index (χ0v) is 26.0. The summed E-state index contributed by atoms with van der Waals surface area (Å²) in [5.74, 6) is -8.16. The lowest BCUT2D eigenvalue weighted by Gasteiger charge is -2.42. The fourth-order valence-corrected chi connectivity index (χ4v) is 8.54. The molecule has 2 bridgehead atoms. The van der Waals surface area contributed by atoms with E-state index in [9.17, 15) is 45.9 Å². The van der Waals surface area contributed by atoms with Gasteiger partial charge in [0.1, 0.15) is 6.04 Å². The lowest BCUT2D eigenvalue weighted by Crippen LogP contribution is -2.57. The van der Waals surface area contributed by atoms with Crippen molar-refractivity contribution in [3.05, 3.63) is 58.4 Å². The molecule has 0 spiro atoms. The van der Waals surface area contributed by atoms with E-state index in [-0.39, 0.29) is 47.7 Å². The number of anilines is 1. The molecule has 250 valence electrons. The highest BCUT2D eigenvalue weighted by Gasteiger charge is 2.55. The molecule has 2 fully saturated rings. The summed E-state index contributed by atoms with van der Waals surface area (Å²) in [5.41, 5.74) is 3.11. The minimum absolute atomic E-state index is 0.0115. The molecule has 0 radical (unpaired) electrons. The summed E-state index contributed by atoms with van der Waals surface area (Å²) < 4.78 is 72.6. The molecule has 0 saturated heterocycles. The first-order valence-corrected chi connectivity index (χ1v) is 16.1. The van der Waals surface area contributed by atoms with Crippen LogP contribution in [0.4, 0.5) is 23.7 Å². The smallest absolute Gasteiger partial charge is 0.407 e. The molecule has 2 saturated carbocycles. The Morgan fingerprint density at radius 2 is 1.70 bits per heavy atom. The third kappa shape index (κ3) is 7.39. The predicted molar refractivity (Wildman–Crippen MR) is 158 cm³/mol. The maximum Gasteiger partial charge on any atom is 0.407 e. The molecule has 3 unspecified atom stereocenters. The summed E-state index contributed by atoms with van der Waals surface area (Å²) >= 11 is 6.26. The predicted octanol–water partition coefficient (Wildman–Crippen LogP) is 2.81. The first-order chi connectivity index (χ1) is 21.6. The van der Waals surface area contributed by atoms with Crippen molar-refractivity contribution in [2.45, 2.75) is 60.3 Å². The van der Waals surface area contributed by atoms with E-state index in [1.54, 1.807) is 0 Å². The van der Waals surface area contributed by atoms with Crippen molar-refractivity contribution in [1.29, 1.82) is 0 Å². The van der Waals surface area contributed by atoms with Gasteiger partial charge >= 0.3 is 6.09 Å². The minimum Gasteiger partial charge on any atom is -0.453 e. The van der Waals surface area contributed by atoms with Gasteiger partial charge in [0.05, 0.1) is 27.9 Å². The number of benzene rings is 2. The van der Waals surface area contributed by atoms with Crippen LogP contribution in [0.2, 0.25) is 5.02 Å². The van der Waals surface area contributed by atoms with Crippen LogP contribution in [0.5, 0.6) is 0 Å². The molecular weight excluding hydrogens is 657 g/mol. The van der Waals surface area contributed by atoms with Crippen molar-refractivity contribution in [3.63, 3.8) is 0 Å². The maximum absolute atomic E-state index is 13.8. The summed E-state index contributed by atoms with van der Waals surface area (Å²) in [7, 11) is -3.08. The molecular formula is C29H32ClF3N4O8S. The number of alkyl carbamates (subject to hydrolysis) is 1. The van der Waals surface area contributed by atoms with Crippen LogP contribution in [0.1, 0.15) is 48.9 Å². The molecule has 12 nitrogen and oxygen atoms in total. The number of fused-ring (bicyclic) bond motifs is 2. The van der Waals surface area contributed by atoms with Crippen LogP contribution in [0.3, 0.4) is 0 Å². The van der Waals surface area contributed by atoms with E-state index in [0.717, 1.165) is 13.2 Å². The SMILES string of the molecule is COC(=O)N[C@@H](CCC(N)=O)C(=O)NCC1(O)C2CC[C@H]1CC(S(=O)(=O)c1cc(C(=O)Nc3cc(F)c(F)c(F)c3)ccc1Cl)C2. The number of hydrogen-bond donors (Lipinski definition) is 5. The quantitative estimate of drug-likeness (QED) is 0.222. The standard InChI is InChI=1S/C29H32ClF3N4O8S/c1-45-28(41)37-22(6-7-24(34)38)27(40)35-13-29(42)15-3-4-16(29)10-18(9-15)46(43,44)23-8-14(2-5-19(23)30)26(39)36-17-11-20(31)25(33)21(32)12-17/h2,5,8,11-12,15-16,18,22,42H,3-4,6-7,9-10,13H2,1H3,(H2,34,38)(H,35,40)(H,36,39)(H,37,41)/t15-,16?,18?,22-,29?/m0/s1. The molecule has 17 heteroatoms. The van der Waals surface area contributed by atoms with E-state index in [0.29, 0.717) is 25.0 Å². The highest BCUT2D eigenvalue weighted by molar-refractivity contribution is 7.92. The Hall–Kier alpha value is -3.89. The Bertz CT molecular complexity index is 1620. The van der Waals surface area contributed by atoms with Gasteiger partial charge in [0.25, 0.3) is 5.91 Å². The number of ether oxygens (including phenoxy) is 1. The molecule has 2 aliphatic rings. The highest BCUT2D eigenvalue weighted by Crippen LogP contribution is 2.52. The van der Waals surface area contributed by atoms with Crippen LogP contribution in [0.15, 0.2) is 35.2 Å². The second-order valence-electron chi connectivity index (χ2n) is 11.4. The number of aliphatic hydroxyl groups is 1. The van der Waals surface area contributed by atoms with Crippen LogP contribution in [0, 0.1) is 29.3 Å². The number of methoxy groups -OCH3 is 1. The number of hydrogen-bond acceptors (Lipinski definition) is 8. The van der Waals surface area contributed by atoms with Gasteiger partial charge in [0, 0.05) is 36.3 Å². The van der Waals surface area contributed by atoms with Crippen molar-refractivity contribution < 1.29 is 50.6 Å². The maximum atomic E-state index is 13.8. The average Bonchev–Trinajstić information content (AvgIpc) is 3.15. The second-order valence-corrected chi connectivity index (χ2v) is 14.0. The van der Waals surface area contributed by atoms with Crippen LogP contribution < -0.4 is 21.7 Å². The van der Waals surface area contributed by atoms with E-state index in [4.69, 9.17) is 17.3 Å². The number of carbonyl (C=O) groups is 4. The summed E-state index contributed by atoms with van der Waals surface area (Å²) in [6.45, 7) is -0.245. The van der Waals surface area contributed by atoms with Crippen molar-refractivity contribution in [2.24, 2.45) is 17.6 Å². The van der Waals surface area contributed by atoms with Crippen molar-refractivity contribution in [2.75, 3.05) is 19.0 Å². The third-order valence-corrected chi connectivity index (χ3v) is 11.2. The molecule has 2 aliphatic carbocycles. The van der Waals surface area contributed by atoms with Gasteiger partial charge in [0.15, 0.2) is 27.3 Å². The minimum atomic E-state index is -4.18. The number of sulfone groups is 1. The number of primary amides is 1. The van der Waals surface area contributed by atoms with Gasteiger partial charge in [-0.15, -0.1) is 0 Å². The van der Waals surface area contributed by atoms with E-state index < -0.39 is 85.5 Å². The van der Waals surface area contributed by atoms with Gasteiger partial charge in [-0.25, -0.2) is 26.4 Å². The molecule has 5 atom stereocenters. The zero-order valence-electron chi connectivity index (χ0n) is 24.4. The van der Waals surface area contributed by atoms with E-state index >= 15 is 0 Å². The van der Waals surface area contributed by atoms with E-state index in [2.05, 4.69) is 20.7 Å². The molecule has 2 aromatic rings. The number of carbonyl (C=O) groups excluding carboxylic acids is 4. The lowest BCUT2D eigenvalue weighted by atomic mass is 9.74. The van der Waals surface area contributed by atoms with Crippen LogP contribution in [-0.4, -0.2) is 67.9 Å². The molecule has 4 rings (SSSR count). The number of rotatable bonds is 11. The third-order valence-electron chi connectivity index (χ3n) is 8.57. The van der Waals surface area contributed by atoms with Gasteiger partial charge in [-0.1, -0.05) is 11.6 Å². The molecule has 6 N–H and O–H groups in total. The van der Waals surface area contributed by atoms with Crippen LogP contribution in [0.25, 0.3) is 0 Å². The van der Waals surface area contributed by atoms with Gasteiger partial charge in [0.2, 0.25) is 11.8 Å². The molecule has 2 aromatic carbocycles. The lowest BCUT2D eigenvalue weighted by molar-refractivity contribution is -0.126. The Morgan fingerprint density at radius 1 is 1.09 bits per heavy atom. The topological polar surface area (TPSA) is 194 Å². The largest absolute Gasteiger partial charge is 0.453 e. The summed E-state index contributed by atoms with van der Waals surface area (Å²) in [6, 6.07) is 3.41. The van der Waals surface area contributed by atoms with E-state index in [1.807, 2.05) is 0 Å². The highest BCUT2D eigenvalue weighted by atomic mass is 35.5. The first kappa shape index (κ1) is 35.0. The monoisotopic (exact) mass is 688 g/mol. The zero-order chi connectivity index (χ0) is 34.0. The Morgan fingerprint density at radius 3 is 2.26 bits per heavy atom. The van der Waals surface area contributed by atoms with E-state index in [1.165, 1.54) is 12.1 Å². The number of amides is 4. The molecule has 46 heavy (non-hydrogen) atoms. The van der Waals surface area contributed by atoms with Crippen LogP contribution >= 0.6 is 11.6 Å². The fourth-order valence-electron chi connectivity index (χ4n) is 6.13. The molecule has 0 aliphatic heterocycles. The fraction of sp³-hybridized carbons (Fsp3) is 0.448. The van der Waals surface area contributed by atoms with Gasteiger partial charge in [-0.2, -0.15) is 0 Å². The van der Waals surface area contributed by atoms with Gasteiger partial charge in [-0.3, -0.25) is 14.4 Å². The first-order valence-electron chi connectivity index (χ1n) is 14.2. The van der Waals surface area contributed by atoms with Crippen molar-refractivity contribution >= 4 is 50.9 Å². The van der Waals surface area contributed by atoms with Crippen LogP contribution in [-0.2, 0) is 24.2 Å². The molecule has 4 amide bonds. The number of nitrogens with one attached hydrogen (secondary N) is 3. The van der Waals surface area contributed by atoms with Gasteiger partial charge in [-0.05, 0) is 62.1 Å². The van der Waals surface area contributed by atoms with Gasteiger partial charge < -0.3 is 31.5 Å². The second kappa shape index (κ2) is 13.8. The Labute approximate surface area is 267 Å². The average molecular weight is 689 g/mol. The number of nitrogens with two attached hydrogens (primary N) is 1. The van der Waals surface area contributed by atoms with Crippen molar-refractivity contribution in [1.82, 2.24) is 10.6 Å². The summed E-state index contributed by atoms with van der Waals surface area (Å²) in [5, 5.41) is 17.6. The summed E-state index contributed by atoms with van der Waals surface area (Å²) in [6.07, 6.45) is -0.267. The number of halogens is 4. The van der Waals surface area contributed by atoms with Crippen molar-refractivity contribution in [3.8, 4) is 0 Å². The molecule has 0 aromatic heterocycles. The molecule has 0 heterocycles. The summed E-state index contributed by atoms with van der Waals surface area (Å²) in [4.78, 5) is 48.2. The Kier molecular flexibility index (Phi) is 10.5. The Balaban J connectivity index is 1.47.